The highest BCUT2D eigenvalue weighted by Crippen LogP contribution is 2.16. The van der Waals surface area contributed by atoms with Crippen molar-refractivity contribution in [3.63, 3.8) is 0 Å². The Morgan fingerprint density at radius 3 is 2.38 bits per heavy atom. The number of benzene rings is 1. The number of nitrogens with zero attached hydrogens (tertiary/aromatic N) is 2. The van der Waals surface area contributed by atoms with Crippen molar-refractivity contribution >= 4 is 29.2 Å². The van der Waals surface area contributed by atoms with Crippen LogP contribution in [0.4, 0.5) is 5.82 Å². The van der Waals surface area contributed by atoms with Gasteiger partial charge in [0.15, 0.2) is 6.10 Å². The Morgan fingerprint density at radius 2 is 1.77 bits per heavy atom. The predicted octanol–water partition coefficient (Wildman–Crippen LogP) is 3.00. The van der Waals surface area contributed by atoms with Gasteiger partial charge in [-0.25, -0.2) is 9.78 Å². The van der Waals surface area contributed by atoms with E-state index in [1.54, 1.807) is 43.3 Å². The monoisotopic (exact) mass is 374 g/mol. The molecule has 3 rings (SSSR count). The number of carbonyl (C=O) groups is 2. The van der Waals surface area contributed by atoms with Crippen LogP contribution in [-0.4, -0.2) is 49.1 Å². The van der Waals surface area contributed by atoms with E-state index in [4.69, 9.17) is 21.1 Å². The molecule has 1 atom stereocenters. The molecule has 0 aliphatic carbocycles. The van der Waals surface area contributed by atoms with Gasteiger partial charge in [-0.05, 0) is 43.3 Å². The van der Waals surface area contributed by atoms with Crippen molar-refractivity contribution in [3.8, 4) is 0 Å². The summed E-state index contributed by atoms with van der Waals surface area (Å²) in [6, 6.07) is 9.88. The fraction of sp³-hybridized carbons (Fsp3) is 0.316. The SMILES string of the molecule is CC(OC(=O)c1ccc(N2CCOCC2)nc1)C(=O)c1ccc(Cl)cc1. The Kier molecular flexibility index (Phi) is 5.85. The molecular weight excluding hydrogens is 356 g/mol. The number of morpholine rings is 1. The van der Waals surface area contributed by atoms with Crippen molar-refractivity contribution in [1.29, 1.82) is 0 Å². The Labute approximate surface area is 156 Å². The van der Waals surface area contributed by atoms with Gasteiger partial charge in [0.2, 0.25) is 5.78 Å². The van der Waals surface area contributed by atoms with E-state index < -0.39 is 12.1 Å². The highest BCUT2D eigenvalue weighted by atomic mass is 35.5. The predicted molar refractivity (Wildman–Crippen MR) is 97.9 cm³/mol. The number of esters is 1. The summed E-state index contributed by atoms with van der Waals surface area (Å²) in [4.78, 5) is 31.0. The molecule has 0 amide bonds. The van der Waals surface area contributed by atoms with Crippen LogP contribution in [0.25, 0.3) is 0 Å². The molecule has 1 aliphatic heterocycles. The first-order valence-electron chi connectivity index (χ1n) is 8.34. The van der Waals surface area contributed by atoms with E-state index in [9.17, 15) is 9.59 Å². The van der Waals surface area contributed by atoms with Crippen LogP contribution in [0.3, 0.4) is 0 Å². The average molecular weight is 375 g/mol. The van der Waals surface area contributed by atoms with Gasteiger partial charge in [0.1, 0.15) is 5.82 Å². The maximum Gasteiger partial charge on any atom is 0.340 e. The Bertz CT molecular complexity index is 771. The van der Waals surface area contributed by atoms with E-state index in [2.05, 4.69) is 9.88 Å². The maximum atomic E-state index is 12.3. The molecule has 136 valence electrons. The number of aromatic nitrogens is 1. The number of hydrogen-bond acceptors (Lipinski definition) is 6. The van der Waals surface area contributed by atoms with Crippen molar-refractivity contribution in [2.75, 3.05) is 31.2 Å². The summed E-state index contributed by atoms with van der Waals surface area (Å²) in [7, 11) is 0. The normalized spacial score (nSPS) is 15.4. The van der Waals surface area contributed by atoms with Crippen LogP contribution in [0.15, 0.2) is 42.6 Å². The first-order chi connectivity index (χ1) is 12.5. The lowest BCUT2D eigenvalue weighted by Gasteiger charge is -2.27. The Hall–Kier alpha value is -2.44. The first-order valence-corrected chi connectivity index (χ1v) is 8.72. The minimum absolute atomic E-state index is 0.284. The second kappa shape index (κ2) is 8.29. The van der Waals surface area contributed by atoms with Gasteiger partial charge in [0, 0.05) is 29.9 Å². The second-order valence-electron chi connectivity index (χ2n) is 5.92. The minimum Gasteiger partial charge on any atom is -0.451 e. The lowest BCUT2D eigenvalue weighted by molar-refractivity contribution is 0.0318. The van der Waals surface area contributed by atoms with Gasteiger partial charge >= 0.3 is 5.97 Å². The number of rotatable bonds is 5. The van der Waals surface area contributed by atoms with Crippen molar-refractivity contribution in [2.45, 2.75) is 13.0 Å². The summed E-state index contributed by atoms with van der Waals surface area (Å²) >= 11 is 5.82. The van der Waals surface area contributed by atoms with Crippen molar-refractivity contribution in [2.24, 2.45) is 0 Å². The third kappa shape index (κ3) is 4.39. The van der Waals surface area contributed by atoms with E-state index in [1.807, 2.05) is 0 Å². The fourth-order valence-corrected chi connectivity index (χ4v) is 2.74. The molecule has 1 saturated heterocycles. The highest BCUT2D eigenvalue weighted by molar-refractivity contribution is 6.30. The van der Waals surface area contributed by atoms with E-state index >= 15 is 0 Å². The number of carbonyl (C=O) groups excluding carboxylic acids is 2. The van der Waals surface area contributed by atoms with E-state index in [0.717, 1.165) is 18.9 Å². The van der Waals surface area contributed by atoms with Crippen LogP contribution >= 0.6 is 11.6 Å². The molecule has 26 heavy (non-hydrogen) atoms. The van der Waals surface area contributed by atoms with Crippen molar-refractivity contribution in [1.82, 2.24) is 4.98 Å². The first kappa shape index (κ1) is 18.4. The van der Waals surface area contributed by atoms with Gasteiger partial charge in [-0.15, -0.1) is 0 Å². The number of ether oxygens (including phenoxy) is 2. The van der Waals surface area contributed by atoms with Gasteiger partial charge in [-0.2, -0.15) is 0 Å². The van der Waals surface area contributed by atoms with Crippen LogP contribution in [0.5, 0.6) is 0 Å². The fourth-order valence-electron chi connectivity index (χ4n) is 2.62. The summed E-state index contributed by atoms with van der Waals surface area (Å²) in [5.41, 5.74) is 0.744. The van der Waals surface area contributed by atoms with Crippen LogP contribution in [0.2, 0.25) is 5.02 Å². The number of ketones is 1. The van der Waals surface area contributed by atoms with Gasteiger partial charge < -0.3 is 14.4 Å². The quantitative estimate of drug-likeness (QED) is 0.592. The lowest BCUT2D eigenvalue weighted by atomic mass is 10.1. The van der Waals surface area contributed by atoms with Crippen LogP contribution in [0.1, 0.15) is 27.6 Å². The molecule has 1 fully saturated rings. The maximum absolute atomic E-state index is 12.3. The van der Waals surface area contributed by atoms with E-state index in [-0.39, 0.29) is 5.78 Å². The molecule has 0 bridgehead atoms. The number of Topliss-reactive ketones (excluding diaryl/α,β-unsaturated/α-hetero) is 1. The minimum atomic E-state index is -0.900. The zero-order valence-corrected chi connectivity index (χ0v) is 15.1. The second-order valence-corrected chi connectivity index (χ2v) is 6.36. The summed E-state index contributed by atoms with van der Waals surface area (Å²) in [5, 5.41) is 0.539. The standard InChI is InChI=1S/C19H19ClN2O4/c1-13(18(23)14-2-5-16(20)6-3-14)26-19(24)15-4-7-17(21-12-15)22-8-10-25-11-9-22/h2-7,12-13H,8-11H2,1H3. The van der Waals surface area contributed by atoms with Gasteiger partial charge in [0.25, 0.3) is 0 Å². The number of hydrogen-bond donors (Lipinski definition) is 0. The zero-order valence-electron chi connectivity index (χ0n) is 14.4. The molecule has 2 aromatic rings. The molecule has 1 aliphatic rings. The Morgan fingerprint density at radius 1 is 1.12 bits per heavy atom. The summed E-state index contributed by atoms with van der Waals surface area (Å²) in [5.74, 6) is -0.0797. The van der Waals surface area contributed by atoms with Crippen molar-refractivity contribution in [3.05, 3.63) is 58.7 Å². The molecule has 1 unspecified atom stereocenters. The Balaban J connectivity index is 1.61. The molecule has 0 N–H and O–H groups in total. The average Bonchev–Trinajstić information content (AvgIpc) is 2.68. The summed E-state index contributed by atoms with van der Waals surface area (Å²) < 4.78 is 10.6. The van der Waals surface area contributed by atoms with Crippen LogP contribution in [-0.2, 0) is 9.47 Å². The molecule has 2 heterocycles. The number of halogens is 1. The third-order valence-corrected chi connectivity index (χ3v) is 4.35. The molecular formula is C19H19ClN2O4. The molecule has 1 aromatic heterocycles. The molecule has 0 spiro atoms. The zero-order chi connectivity index (χ0) is 18.5. The van der Waals surface area contributed by atoms with Crippen molar-refractivity contribution < 1.29 is 19.1 Å². The van der Waals surface area contributed by atoms with Gasteiger partial charge in [0.05, 0.1) is 18.8 Å². The number of pyridine rings is 1. The highest BCUT2D eigenvalue weighted by Gasteiger charge is 2.21. The largest absolute Gasteiger partial charge is 0.451 e. The molecule has 1 aromatic carbocycles. The van der Waals surface area contributed by atoms with Crippen LogP contribution in [0, 0.1) is 0 Å². The summed E-state index contributed by atoms with van der Waals surface area (Å²) in [6.07, 6.45) is 0.565. The third-order valence-electron chi connectivity index (χ3n) is 4.10. The van der Waals surface area contributed by atoms with E-state index in [0.29, 0.717) is 29.4 Å². The lowest BCUT2D eigenvalue weighted by Crippen LogP contribution is -2.36. The molecule has 0 saturated carbocycles. The van der Waals surface area contributed by atoms with Crippen LogP contribution < -0.4 is 4.90 Å². The topological polar surface area (TPSA) is 68.7 Å². The molecule has 0 radical (unpaired) electrons. The molecule has 7 heteroatoms. The van der Waals surface area contributed by atoms with E-state index in [1.165, 1.54) is 6.20 Å². The summed E-state index contributed by atoms with van der Waals surface area (Å²) in [6.45, 7) is 4.41. The van der Waals surface area contributed by atoms with Gasteiger partial charge in [-0.1, -0.05) is 11.6 Å². The number of anilines is 1. The smallest absolute Gasteiger partial charge is 0.340 e. The van der Waals surface area contributed by atoms with Gasteiger partial charge in [-0.3, -0.25) is 4.79 Å². The molecule has 6 nitrogen and oxygen atoms in total.